The molecule has 0 amide bonds. The van der Waals surface area contributed by atoms with E-state index in [1.807, 2.05) is 11.9 Å². The van der Waals surface area contributed by atoms with Crippen molar-refractivity contribution in [2.75, 3.05) is 25.5 Å². The number of anilines is 1. The van der Waals surface area contributed by atoms with Crippen molar-refractivity contribution in [3.63, 3.8) is 0 Å². The number of fused-ring (bicyclic) bond motifs is 1. The van der Waals surface area contributed by atoms with Gasteiger partial charge in [0.15, 0.2) is 0 Å². The Bertz CT molecular complexity index is 1170. The van der Waals surface area contributed by atoms with Crippen LogP contribution in [0.4, 0.5) is 23.2 Å². The zero-order chi connectivity index (χ0) is 23.3. The van der Waals surface area contributed by atoms with E-state index in [-0.39, 0.29) is 17.6 Å². The monoisotopic (exact) mass is 465 g/mol. The topological polar surface area (TPSA) is 46.0 Å². The molecule has 1 fully saturated rings. The van der Waals surface area contributed by atoms with Crippen molar-refractivity contribution < 1.29 is 17.6 Å². The largest absolute Gasteiger partial charge is 0.417 e. The molecule has 3 aromatic rings. The third-order valence-corrected chi connectivity index (χ3v) is 6.33. The number of nitrogens with zero attached hydrogens (tertiary/aromatic N) is 4. The van der Waals surface area contributed by atoms with E-state index in [4.69, 9.17) is 0 Å². The van der Waals surface area contributed by atoms with Crippen LogP contribution in [0.3, 0.4) is 0 Å². The number of piperidine rings is 1. The fourth-order valence-corrected chi connectivity index (χ4v) is 4.16. The predicted octanol–water partition coefficient (Wildman–Crippen LogP) is 4.92. The molecule has 1 N–H and O–H groups in total. The summed E-state index contributed by atoms with van der Waals surface area (Å²) in [7, 11) is 3.54. The molecular formula is C22H23F4N5S. The highest BCUT2D eigenvalue weighted by molar-refractivity contribution is 7.82. The summed E-state index contributed by atoms with van der Waals surface area (Å²) in [5.74, 6) is 0. The number of pyridine rings is 1. The molecule has 1 aliphatic rings. The standard InChI is InChI=1S/C22H23F4N5S/c1-13(22(24,25)26)20-15-5-4-6-17(29-21(32)7-8-30(2)12-19(21)23)16(15)9-18(28-20)14-10-27-31(3)11-14/h4-6,9-11,19,29,32H,1,7-8,12H2,2-3H3/t19-,21+/m0/s1. The molecule has 1 aliphatic heterocycles. The number of halogens is 4. The van der Waals surface area contributed by atoms with Gasteiger partial charge in [-0.2, -0.15) is 18.3 Å². The first-order chi connectivity index (χ1) is 15.0. The lowest BCUT2D eigenvalue weighted by Gasteiger charge is -2.41. The molecule has 32 heavy (non-hydrogen) atoms. The van der Waals surface area contributed by atoms with Crippen LogP contribution in [0.15, 0.2) is 43.2 Å². The van der Waals surface area contributed by atoms with E-state index in [1.54, 1.807) is 42.2 Å². The van der Waals surface area contributed by atoms with Gasteiger partial charge in [0.05, 0.1) is 23.2 Å². The molecule has 0 spiro atoms. The highest BCUT2D eigenvalue weighted by Gasteiger charge is 2.40. The molecule has 0 unspecified atom stereocenters. The third-order valence-electron chi connectivity index (χ3n) is 5.72. The van der Waals surface area contributed by atoms with Crippen LogP contribution >= 0.6 is 12.6 Å². The van der Waals surface area contributed by atoms with Gasteiger partial charge in [-0.15, -0.1) is 12.6 Å². The average Bonchev–Trinajstić information content (AvgIpc) is 3.16. The lowest BCUT2D eigenvalue weighted by Crippen LogP contribution is -2.53. The summed E-state index contributed by atoms with van der Waals surface area (Å²) in [6.45, 7) is 4.10. The number of alkyl halides is 4. The van der Waals surface area contributed by atoms with Gasteiger partial charge in [0.1, 0.15) is 11.0 Å². The molecule has 4 rings (SSSR count). The Hall–Kier alpha value is -2.59. The van der Waals surface area contributed by atoms with E-state index in [1.165, 1.54) is 6.20 Å². The first-order valence-corrected chi connectivity index (χ1v) is 10.4. The van der Waals surface area contributed by atoms with Gasteiger partial charge >= 0.3 is 6.18 Å². The maximum atomic E-state index is 14.9. The number of nitrogens with one attached hydrogen (secondary N) is 1. The van der Waals surface area contributed by atoms with Crippen molar-refractivity contribution in [3.05, 3.63) is 48.9 Å². The second kappa shape index (κ2) is 8.08. The van der Waals surface area contributed by atoms with Crippen LogP contribution in [0, 0.1) is 0 Å². The van der Waals surface area contributed by atoms with Gasteiger partial charge in [0.2, 0.25) is 0 Å². The van der Waals surface area contributed by atoms with E-state index in [0.29, 0.717) is 35.3 Å². The number of aryl methyl sites for hydroxylation is 1. The van der Waals surface area contributed by atoms with E-state index in [0.717, 1.165) is 0 Å². The molecule has 1 saturated heterocycles. The highest BCUT2D eigenvalue weighted by Crippen LogP contribution is 2.40. The third kappa shape index (κ3) is 4.21. The summed E-state index contributed by atoms with van der Waals surface area (Å²) in [6, 6.07) is 6.56. The van der Waals surface area contributed by atoms with Gasteiger partial charge in [-0.05, 0) is 25.6 Å². The Morgan fingerprint density at radius 2 is 2.03 bits per heavy atom. The highest BCUT2D eigenvalue weighted by atomic mass is 32.1. The van der Waals surface area contributed by atoms with E-state index in [9.17, 15) is 17.6 Å². The Kier molecular flexibility index (Phi) is 5.70. The van der Waals surface area contributed by atoms with Crippen LogP contribution in [0.2, 0.25) is 0 Å². The summed E-state index contributed by atoms with van der Waals surface area (Å²) >= 11 is 4.59. The van der Waals surface area contributed by atoms with Crippen LogP contribution in [-0.4, -0.2) is 57.0 Å². The zero-order valence-corrected chi connectivity index (χ0v) is 18.5. The maximum Gasteiger partial charge on any atom is 0.417 e. The number of rotatable bonds is 4. The predicted molar refractivity (Wildman–Crippen MR) is 121 cm³/mol. The summed E-state index contributed by atoms with van der Waals surface area (Å²) in [6.07, 6.45) is -2.31. The lowest BCUT2D eigenvalue weighted by atomic mass is 9.98. The van der Waals surface area contributed by atoms with Crippen LogP contribution in [0.5, 0.6) is 0 Å². The zero-order valence-electron chi connectivity index (χ0n) is 17.6. The van der Waals surface area contributed by atoms with E-state index >= 15 is 0 Å². The maximum absolute atomic E-state index is 14.9. The van der Waals surface area contributed by atoms with Gasteiger partial charge in [0.25, 0.3) is 0 Å². The Balaban J connectivity index is 1.89. The normalized spacial score (nSPS) is 22.3. The summed E-state index contributed by atoms with van der Waals surface area (Å²) in [4.78, 5) is 5.00. The van der Waals surface area contributed by atoms with Crippen molar-refractivity contribution in [1.29, 1.82) is 0 Å². The molecule has 2 aromatic heterocycles. The molecule has 0 radical (unpaired) electrons. The summed E-state index contributed by atoms with van der Waals surface area (Å²) < 4.78 is 57.2. The minimum atomic E-state index is -4.65. The number of aromatic nitrogens is 3. The second-order valence-electron chi connectivity index (χ2n) is 8.16. The van der Waals surface area contributed by atoms with Crippen molar-refractivity contribution >= 4 is 34.7 Å². The van der Waals surface area contributed by atoms with Gasteiger partial charge in [0, 0.05) is 48.4 Å². The van der Waals surface area contributed by atoms with Crippen LogP contribution in [0.25, 0.3) is 27.6 Å². The summed E-state index contributed by atoms with van der Waals surface area (Å²) in [5.41, 5.74) is 0.0327. The van der Waals surface area contributed by atoms with Crippen LogP contribution in [0.1, 0.15) is 12.1 Å². The smallest absolute Gasteiger partial charge is 0.368 e. The minimum absolute atomic E-state index is 0.208. The lowest BCUT2D eigenvalue weighted by molar-refractivity contribution is -0.0688. The first kappa shape index (κ1) is 22.6. The van der Waals surface area contributed by atoms with E-state index < -0.39 is 22.8 Å². The summed E-state index contributed by atoms with van der Waals surface area (Å²) in [5, 5.41) is 7.99. The Morgan fingerprint density at radius 1 is 1.28 bits per heavy atom. The minimum Gasteiger partial charge on any atom is -0.368 e. The molecule has 5 nitrogen and oxygen atoms in total. The van der Waals surface area contributed by atoms with E-state index in [2.05, 4.69) is 34.6 Å². The molecular weight excluding hydrogens is 442 g/mol. The number of hydrogen-bond donors (Lipinski definition) is 2. The molecule has 0 aliphatic carbocycles. The number of allylic oxidation sites excluding steroid dienone is 1. The fraction of sp³-hybridized carbons (Fsp3) is 0.364. The SMILES string of the molecule is C=C(c1nc(-c2cnn(C)c2)cc2c(N[C@@]3(S)CCN(C)C[C@@H]3F)cccc12)C(F)(F)F. The van der Waals surface area contributed by atoms with Crippen molar-refractivity contribution in [3.8, 4) is 11.3 Å². The Morgan fingerprint density at radius 3 is 2.66 bits per heavy atom. The number of thiol groups is 1. The molecule has 0 bridgehead atoms. The van der Waals surface area contributed by atoms with Crippen LogP contribution in [-0.2, 0) is 7.05 Å². The molecule has 3 heterocycles. The number of benzene rings is 1. The molecule has 1 aromatic carbocycles. The van der Waals surface area contributed by atoms with Crippen molar-refractivity contribution in [2.24, 2.45) is 7.05 Å². The number of likely N-dealkylation sites (tertiary alicyclic amines) is 1. The number of hydrogen-bond acceptors (Lipinski definition) is 5. The molecule has 0 saturated carbocycles. The molecule has 170 valence electrons. The van der Waals surface area contributed by atoms with Gasteiger partial charge in [-0.25, -0.2) is 9.37 Å². The second-order valence-corrected chi connectivity index (χ2v) is 8.96. The van der Waals surface area contributed by atoms with Gasteiger partial charge in [-0.3, -0.25) is 4.68 Å². The van der Waals surface area contributed by atoms with Gasteiger partial charge < -0.3 is 10.2 Å². The van der Waals surface area contributed by atoms with Crippen molar-refractivity contribution in [2.45, 2.75) is 23.6 Å². The Labute approximate surface area is 188 Å². The average molecular weight is 466 g/mol. The van der Waals surface area contributed by atoms with Gasteiger partial charge in [-0.1, -0.05) is 18.7 Å². The molecule has 2 atom stereocenters. The fourth-order valence-electron chi connectivity index (χ4n) is 3.86. The molecule has 10 heteroatoms. The quantitative estimate of drug-likeness (QED) is 0.326. The first-order valence-electron chi connectivity index (χ1n) is 10.0. The van der Waals surface area contributed by atoms with Crippen LogP contribution < -0.4 is 5.32 Å². The van der Waals surface area contributed by atoms with Crippen molar-refractivity contribution in [1.82, 2.24) is 19.7 Å².